The normalized spacial score (nSPS) is 10.3. The average molecular weight is 389 g/mol. The number of carbonyl (C=O) groups is 2. The molecule has 3 rings (SSSR count). The van der Waals surface area contributed by atoms with Crippen LogP contribution in [0.15, 0.2) is 66.7 Å². The SMILES string of the molecule is CCc1ccc(NC(=O)c2cccc(C(=O)NCc3ccccc3OC)n2)cc1. The molecule has 0 saturated carbocycles. The number of ether oxygens (including phenoxy) is 1. The van der Waals surface area contributed by atoms with Gasteiger partial charge < -0.3 is 15.4 Å². The summed E-state index contributed by atoms with van der Waals surface area (Å²) in [6.45, 7) is 2.37. The van der Waals surface area contributed by atoms with Gasteiger partial charge in [0.2, 0.25) is 0 Å². The van der Waals surface area contributed by atoms with Crippen molar-refractivity contribution >= 4 is 17.5 Å². The molecule has 0 saturated heterocycles. The molecule has 1 heterocycles. The zero-order valence-electron chi connectivity index (χ0n) is 16.4. The number of carbonyl (C=O) groups excluding carboxylic acids is 2. The lowest BCUT2D eigenvalue weighted by Crippen LogP contribution is -2.25. The van der Waals surface area contributed by atoms with Crippen LogP contribution in [0.4, 0.5) is 5.69 Å². The number of aromatic nitrogens is 1. The van der Waals surface area contributed by atoms with Crippen molar-refractivity contribution in [3.63, 3.8) is 0 Å². The molecule has 0 spiro atoms. The highest BCUT2D eigenvalue weighted by Crippen LogP contribution is 2.17. The van der Waals surface area contributed by atoms with Crippen LogP contribution in [0.1, 0.15) is 39.0 Å². The summed E-state index contributed by atoms with van der Waals surface area (Å²) in [5, 5.41) is 5.60. The lowest BCUT2D eigenvalue weighted by molar-refractivity contribution is 0.0945. The molecule has 29 heavy (non-hydrogen) atoms. The number of benzene rings is 2. The number of rotatable bonds is 7. The molecule has 6 heteroatoms. The maximum atomic E-state index is 12.5. The highest BCUT2D eigenvalue weighted by molar-refractivity contribution is 6.03. The van der Waals surface area contributed by atoms with Crippen molar-refractivity contribution in [1.82, 2.24) is 10.3 Å². The van der Waals surface area contributed by atoms with E-state index >= 15 is 0 Å². The van der Waals surface area contributed by atoms with Gasteiger partial charge in [-0.1, -0.05) is 43.3 Å². The molecule has 2 aromatic carbocycles. The molecule has 0 unspecified atom stereocenters. The predicted octanol–water partition coefficient (Wildman–Crippen LogP) is 3.83. The maximum Gasteiger partial charge on any atom is 0.274 e. The second-order valence-electron chi connectivity index (χ2n) is 6.41. The topological polar surface area (TPSA) is 80.3 Å². The largest absolute Gasteiger partial charge is 0.496 e. The maximum absolute atomic E-state index is 12.5. The van der Waals surface area contributed by atoms with Gasteiger partial charge in [-0.2, -0.15) is 0 Å². The summed E-state index contributed by atoms with van der Waals surface area (Å²) < 4.78 is 5.29. The lowest BCUT2D eigenvalue weighted by atomic mass is 10.1. The second kappa shape index (κ2) is 9.50. The molecule has 0 fully saturated rings. The average Bonchev–Trinajstić information content (AvgIpc) is 2.78. The Balaban J connectivity index is 1.66. The fourth-order valence-electron chi connectivity index (χ4n) is 2.82. The number of aryl methyl sites for hydroxylation is 1. The van der Waals surface area contributed by atoms with E-state index < -0.39 is 0 Å². The first-order chi connectivity index (χ1) is 14.1. The van der Waals surface area contributed by atoms with E-state index in [1.807, 2.05) is 48.5 Å². The fraction of sp³-hybridized carbons (Fsp3) is 0.174. The highest BCUT2D eigenvalue weighted by Gasteiger charge is 2.13. The summed E-state index contributed by atoms with van der Waals surface area (Å²) in [6.07, 6.45) is 0.932. The molecular weight excluding hydrogens is 366 g/mol. The Hall–Kier alpha value is -3.67. The first kappa shape index (κ1) is 20.1. The quantitative estimate of drug-likeness (QED) is 0.643. The summed E-state index contributed by atoms with van der Waals surface area (Å²) in [7, 11) is 1.58. The lowest BCUT2D eigenvalue weighted by Gasteiger charge is -2.10. The van der Waals surface area contributed by atoms with Gasteiger partial charge in [-0.25, -0.2) is 4.98 Å². The molecule has 0 bridgehead atoms. The molecule has 0 atom stereocenters. The Labute approximate surface area is 169 Å². The Kier molecular flexibility index (Phi) is 6.58. The van der Waals surface area contributed by atoms with Crippen LogP contribution in [-0.2, 0) is 13.0 Å². The van der Waals surface area contributed by atoms with Gasteiger partial charge in [0.1, 0.15) is 17.1 Å². The number of hydrogen-bond donors (Lipinski definition) is 2. The van der Waals surface area contributed by atoms with E-state index in [1.165, 1.54) is 5.56 Å². The molecule has 0 radical (unpaired) electrons. The minimum atomic E-state index is -0.367. The summed E-state index contributed by atoms with van der Waals surface area (Å²) in [5.41, 5.74) is 3.08. The van der Waals surface area contributed by atoms with Crippen molar-refractivity contribution in [2.24, 2.45) is 0 Å². The first-order valence-corrected chi connectivity index (χ1v) is 9.38. The van der Waals surface area contributed by atoms with E-state index in [9.17, 15) is 9.59 Å². The minimum absolute atomic E-state index is 0.175. The van der Waals surface area contributed by atoms with Gasteiger partial charge in [-0.05, 0) is 42.3 Å². The predicted molar refractivity (Wildman–Crippen MR) is 112 cm³/mol. The monoisotopic (exact) mass is 389 g/mol. The zero-order valence-corrected chi connectivity index (χ0v) is 16.4. The van der Waals surface area contributed by atoms with Crippen LogP contribution in [0.2, 0.25) is 0 Å². The molecule has 0 aliphatic carbocycles. The van der Waals surface area contributed by atoms with Crippen LogP contribution in [0.25, 0.3) is 0 Å². The molecule has 2 amide bonds. The van der Waals surface area contributed by atoms with Gasteiger partial charge in [0, 0.05) is 17.8 Å². The van der Waals surface area contributed by atoms with Crippen molar-refractivity contribution in [1.29, 1.82) is 0 Å². The number of nitrogens with one attached hydrogen (secondary N) is 2. The molecule has 0 aliphatic heterocycles. The smallest absolute Gasteiger partial charge is 0.274 e. The van der Waals surface area contributed by atoms with E-state index in [-0.39, 0.29) is 23.2 Å². The van der Waals surface area contributed by atoms with E-state index in [0.29, 0.717) is 18.0 Å². The third-order valence-electron chi connectivity index (χ3n) is 4.47. The Morgan fingerprint density at radius 3 is 2.28 bits per heavy atom. The number of anilines is 1. The standard InChI is InChI=1S/C23H23N3O3/c1-3-16-11-13-18(14-12-16)25-23(28)20-9-6-8-19(26-20)22(27)24-15-17-7-4-5-10-21(17)29-2/h4-14H,3,15H2,1-2H3,(H,24,27)(H,25,28). The number of methoxy groups -OCH3 is 1. The van der Waals surface area contributed by atoms with Crippen LogP contribution in [0.5, 0.6) is 5.75 Å². The summed E-state index contributed by atoms with van der Waals surface area (Å²) in [5.74, 6) is -0.0329. The van der Waals surface area contributed by atoms with Gasteiger partial charge in [0.25, 0.3) is 11.8 Å². The van der Waals surface area contributed by atoms with Crippen molar-refractivity contribution in [2.75, 3.05) is 12.4 Å². The van der Waals surface area contributed by atoms with E-state index in [0.717, 1.165) is 12.0 Å². The summed E-state index contributed by atoms with van der Waals surface area (Å²) >= 11 is 0. The Morgan fingerprint density at radius 2 is 1.59 bits per heavy atom. The van der Waals surface area contributed by atoms with Crippen LogP contribution >= 0.6 is 0 Å². The van der Waals surface area contributed by atoms with Crippen molar-refractivity contribution in [3.8, 4) is 5.75 Å². The third-order valence-corrected chi connectivity index (χ3v) is 4.47. The number of para-hydroxylation sites is 1. The molecule has 3 aromatic rings. The first-order valence-electron chi connectivity index (χ1n) is 9.38. The summed E-state index contributed by atoms with van der Waals surface area (Å²) in [4.78, 5) is 29.2. The van der Waals surface area contributed by atoms with Crippen molar-refractivity contribution < 1.29 is 14.3 Å². The molecular formula is C23H23N3O3. The number of pyridine rings is 1. The Bertz CT molecular complexity index is 1000. The molecule has 2 N–H and O–H groups in total. The third kappa shape index (κ3) is 5.19. The van der Waals surface area contributed by atoms with Crippen LogP contribution < -0.4 is 15.4 Å². The van der Waals surface area contributed by atoms with Gasteiger partial charge in [0.05, 0.1) is 7.11 Å². The van der Waals surface area contributed by atoms with Crippen molar-refractivity contribution in [2.45, 2.75) is 19.9 Å². The fourth-order valence-corrected chi connectivity index (χ4v) is 2.82. The van der Waals surface area contributed by atoms with E-state index in [4.69, 9.17) is 4.74 Å². The molecule has 6 nitrogen and oxygen atoms in total. The molecule has 1 aromatic heterocycles. The number of hydrogen-bond acceptors (Lipinski definition) is 4. The van der Waals surface area contributed by atoms with E-state index in [1.54, 1.807) is 25.3 Å². The van der Waals surface area contributed by atoms with Crippen molar-refractivity contribution in [3.05, 3.63) is 89.2 Å². The van der Waals surface area contributed by atoms with Gasteiger partial charge in [0.15, 0.2) is 0 Å². The minimum Gasteiger partial charge on any atom is -0.496 e. The van der Waals surface area contributed by atoms with Gasteiger partial charge >= 0.3 is 0 Å². The molecule has 148 valence electrons. The zero-order chi connectivity index (χ0) is 20.6. The summed E-state index contributed by atoms with van der Waals surface area (Å²) in [6, 6.07) is 19.9. The van der Waals surface area contributed by atoms with Crippen LogP contribution in [-0.4, -0.2) is 23.9 Å². The Morgan fingerprint density at radius 1 is 0.897 bits per heavy atom. The number of amides is 2. The number of nitrogens with zero attached hydrogens (tertiary/aromatic N) is 1. The second-order valence-corrected chi connectivity index (χ2v) is 6.41. The van der Waals surface area contributed by atoms with E-state index in [2.05, 4.69) is 22.5 Å². The van der Waals surface area contributed by atoms with Gasteiger partial charge in [-0.15, -0.1) is 0 Å². The van der Waals surface area contributed by atoms with Crippen LogP contribution in [0.3, 0.4) is 0 Å². The molecule has 0 aliphatic rings. The highest BCUT2D eigenvalue weighted by atomic mass is 16.5. The van der Waals surface area contributed by atoms with Gasteiger partial charge in [-0.3, -0.25) is 9.59 Å². The van der Waals surface area contributed by atoms with Crippen LogP contribution in [0, 0.1) is 0 Å².